The lowest BCUT2D eigenvalue weighted by atomic mass is 10.2. The van der Waals surface area contributed by atoms with Gasteiger partial charge in [-0.2, -0.15) is 0 Å². The zero-order chi connectivity index (χ0) is 12.7. The molecule has 1 aromatic carbocycles. The molecule has 0 heterocycles. The quantitative estimate of drug-likeness (QED) is 0.813. The second kappa shape index (κ2) is 7.14. The minimum Gasteiger partial charge on any atom is -0.496 e. The summed E-state index contributed by atoms with van der Waals surface area (Å²) in [5.74, 6) is 0.697. The average molecular weight is 257 g/mol. The van der Waals surface area contributed by atoms with Gasteiger partial charge in [0.25, 0.3) is 0 Å². The predicted molar refractivity (Wildman–Crippen MR) is 68.4 cm³/mol. The molecule has 0 unspecified atom stereocenters. The van der Waals surface area contributed by atoms with Gasteiger partial charge in [-0.3, -0.25) is 4.79 Å². The molecule has 0 bridgehead atoms. The van der Waals surface area contributed by atoms with Gasteiger partial charge in [-0.25, -0.2) is 0 Å². The van der Waals surface area contributed by atoms with Crippen LogP contribution >= 0.6 is 11.6 Å². The van der Waals surface area contributed by atoms with Crippen LogP contribution in [0.15, 0.2) is 18.2 Å². The van der Waals surface area contributed by atoms with E-state index in [0.29, 0.717) is 30.3 Å². The number of carbonyl (C=O) groups is 1. The van der Waals surface area contributed by atoms with Crippen molar-refractivity contribution in [2.24, 2.45) is 0 Å². The van der Waals surface area contributed by atoms with Crippen molar-refractivity contribution in [1.29, 1.82) is 0 Å². The Balaban J connectivity index is 2.54. The molecule has 0 fully saturated rings. The maximum absolute atomic E-state index is 11.4. The summed E-state index contributed by atoms with van der Waals surface area (Å²) in [7, 11) is 3.40. The number of halogens is 1. The summed E-state index contributed by atoms with van der Waals surface area (Å²) >= 11 is 5.85. The number of benzene rings is 1. The number of methoxy groups -OCH3 is 1. The second-order valence-electron chi connectivity index (χ2n) is 3.59. The molecule has 4 nitrogen and oxygen atoms in total. The number of ether oxygens (including phenoxy) is 1. The summed E-state index contributed by atoms with van der Waals surface area (Å²) in [6.07, 6.45) is 0.465. The van der Waals surface area contributed by atoms with Crippen molar-refractivity contribution < 1.29 is 9.53 Å². The highest BCUT2D eigenvalue weighted by Crippen LogP contribution is 2.22. The monoisotopic (exact) mass is 256 g/mol. The van der Waals surface area contributed by atoms with Crippen molar-refractivity contribution in [1.82, 2.24) is 10.6 Å². The van der Waals surface area contributed by atoms with Crippen molar-refractivity contribution in [2.45, 2.75) is 13.0 Å². The standard InChI is InChI=1S/C12H17ClN2O2/c1-14-6-5-12(16)15-8-9-3-4-10(13)7-11(9)17-2/h3-4,7,14H,5-6,8H2,1-2H3,(H,15,16). The van der Waals surface area contributed by atoms with Gasteiger partial charge in [-0.15, -0.1) is 0 Å². The van der Waals surface area contributed by atoms with Crippen LogP contribution in [0.2, 0.25) is 5.02 Å². The number of hydrogen-bond donors (Lipinski definition) is 2. The van der Waals surface area contributed by atoms with E-state index in [1.54, 1.807) is 19.2 Å². The lowest BCUT2D eigenvalue weighted by molar-refractivity contribution is -0.121. The van der Waals surface area contributed by atoms with Gasteiger partial charge in [0.05, 0.1) is 7.11 Å². The molecular formula is C12H17ClN2O2. The van der Waals surface area contributed by atoms with E-state index < -0.39 is 0 Å². The van der Waals surface area contributed by atoms with E-state index >= 15 is 0 Å². The number of rotatable bonds is 6. The largest absolute Gasteiger partial charge is 0.496 e. The third kappa shape index (κ3) is 4.63. The molecule has 0 aliphatic carbocycles. The molecule has 2 N–H and O–H groups in total. The van der Waals surface area contributed by atoms with Gasteiger partial charge >= 0.3 is 0 Å². The van der Waals surface area contributed by atoms with E-state index in [1.165, 1.54) is 0 Å². The Labute approximate surface area is 106 Å². The zero-order valence-corrected chi connectivity index (χ0v) is 10.8. The molecule has 0 spiro atoms. The van der Waals surface area contributed by atoms with E-state index in [0.717, 1.165) is 5.56 Å². The molecule has 1 aromatic rings. The van der Waals surface area contributed by atoms with E-state index in [-0.39, 0.29) is 5.91 Å². The van der Waals surface area contributed by atoms with Gasteiger partial charge in [0.1, 0.15) is 5.75 Å². The summed E-state index contributed by atoms with van der Waals surface area (Å²) in [4.78, 5) is 11.4. The minimum atomic E-state index is 0.0105. The number of nitrogens with one attached hydrogen (secondary N) is 2. The Kier molecular flexibility index (Phi) is 5.80. The van der Waals surface area contributed by atoms with Gasteiger partial charge in [-0.05, 0) is 19.2 Å². The molecule has 0 aliphatic rings. The van der Waals surface area contributed by atoms with Crippen molar-refractivity contribution in [3.8, 4) is 5.75 Å². The number of amides is 1. The van der Waals surface area contributed by atoms with Gasteiger partial charge in [0.2, 0.25) is 5.91 Å². The van der Waals surface area contributed by atoms with E-state index in [1.807, 2.05) is 13.1 Å². The van der Waals surface area contributed by atoms with Crippen LogP contribution < -0.4 is 15.4 Å². The Morgan fingerprint density at radius 3 is 2.88 bits per heavy atom. The highest BCUT2D eigenvalue weighted by molar-refractivity contribution is 6.30. The highest BCUT2D eigenvalue weighted by Gasteiger charge is 2.05. The Bertz CT molecular complexity index is 383. The van der Waals surface area contributed by atoms with E-state index in [4.69, 9.17) is 16.3 Å². The van der Waals surface area contributed by atoms with Crippen LogP contribution in [-0.4, -0.2) is 26.6 Å². The zero-order valence-electron chi connectivity index (χ0n) is 10.0. The predicted octanol–water partition coefficient (Wildman–Crippen LogP) is 1.57. The first-order valence-corrected chi connectivity index (χ1v) is 5.79. The van der Waals surface area contributed by atoms with Crippen LogP contribution in [-0.2, 0) is 11.3 Å². The van der Waals surface area contributed by atoms with Crippen molar-refractivity contribution in [3.63, 3.8) is 0 Å². The summed E-state index contributed by atoms with van der Waals surface area (Å²) < 4.78 is 5.19. The Morgan fingerprint density at radius 2 is 2.24 bits per heavy atom. The minimum absolute atomic E-state index is 0.0105. The molecule has 1 rings (SSSR count). The Hall–Kier alpha value is -1.26. The van der Waals surface area contributed by atoms with Crippen molar-refractivity contribution in [3.05, 3.63) is 28.8 Å². The molecule has 94 valence electrons. The fraction of sp³-hybridized carbons (Fsp3) is 0.417. The Morgan fingerprint density at radius 1 is 1.47 bits per heavy atom. The molecule has 1 amide bonds. The van der Waals surface area contributed by atoms with Crippen LogP contribution in [0.4, 0.5) is 0 Å². The molecule has 0 atom stereocenters. The van der Waals surface area contributed by atoms with Crippen LogP contribution in [0.3, 0.4) is 0 Å². The SMILES string of the molecule is CNCCC(=O)NCc1ccc(Cl)cc1OC. The maximum Gasteiger partial charge on any atom is 0.221 e. The first-order chi connectivity index (χ1) is 8.17. The van der Waals surface area contributed by atoms with Crippen LogP contribution in [0.5, 0.6) is 5.75 Å². The maximum atomic E-state index is 11.4. The molecule has 0 saturated heterocycles. The molecule has 0 saturated carbocycles. The lowest BCUT2D eigenvalue weighted by Crippen LogP contribution is -2.26. The van der Waals surface area contributed by atoms with Gasteiger partial charge in [0, 0.05) is 30.1 Å². The van der Waals surface area contributed by atoms with Gasteiger partial charge in [-0.1, -0.05) is 17.7 Å². The summed E-state index contributed by atoms with van der Waals surface area (Å²) in [5, 5.41) is 6.37. The molecule has 0 radical (unpaired) electrons. The molecule has 0 aliphatic heterocycles. The third-order valence-corrected chi connectivity index (χ3v) is 2.56. The molecule has 17 heavy (non-hydrogen) atoms. The fourth-order valence-corrected chi connectivity index (χ4v) is 1.55. The second-order valence-corrected chi connectivity index (χ2v) is 4.02. The molecular weight excluding hydrogens is 240 g/mol. The van der Waals surface area contributed by atoms with Gasteiger partial charge in [0.15, 0.2) is 0 Å². The average Bonchev–Trinajstić information content (AvgIpc) is 2.34. The lowest BCUT2D eigenvalue weighted by Gasteiger charge is -2.10. The van der Waals surface area contributed by atoms with Crippen LogP contribution in [0.25, 0.3) is 0 Å². The van der Waals surface area contributed by atoms with Gasteiger partial charge < -0.3 is 15.4 Å². The highest BCUT2D eigenvalue weighted by atomic mass is 35.5. The molecule has 0 aromatic heterocycles. The summed E-state index contributed by atoms with van der Waals surface area (Å²) in [6.45, 7) is 1.12. The fourth-order valence-electron chi connectivity index (χ4n) is 1.39. The smallest absolute Gasteiger partial charge is 0.221 e. The number of carbonyl (C=O) groups excluding carboxylic acids is 1. The van der Waals surface area contributed by atoms with Crippen LogP contribution in [0.1, 0.15) is 12.0 Å². The molecule has 5 heteroatoms. The van der Waals surface area contributed by atoms with Crippen molar-refractivity contribution >= 4 is 17.5 Å². The number of hydrogen-bond acceptors (Lipinski definition) is 3. The topological polar surface area (TPSA) is 50.4 Å². The van der Waals surface area contributed by atoms with E-state index in [9.17, 15) is 4.79 Å². The van der Waals surface area contributed by atoms with Crippen LogP contribution in [0, 0.1) is 0 Å². The summed E-state index contributed by atoms with van der Waals surface area (Å²) in [5.41, 5.74) is 0.912. The first kappa shape index (κ1) is 13.8. The normalized spacial score (nSPS) is 10.1. The first-order valence-electron chi connectivity index (χ1n) is 5.41. The third-order valence-electron chi connectivity index (χ3n) is 2.33. The van der Waals surface area contributed by atoms with Crippen molar-refractivity contribution in [2.75, 3.05) is 20.7 Å². The van der Waals surface area contributed by atoms with E-state index in [2.05, 4.69) is 10.6 Å². The summed E-state index contributed by atoms with van der Waals surface area (Å²) in [6, 6.07) is 5.36.